The average molecular weight is 356 g/mol. The largest absolute Gasteiger partial charge is 0.348 e. The molecule has 0 saturated heterocycles. The zero-order valence-corrected chi connectivity index (χ0v) is 14.9. The van der Waals surface area contributed by atoms with Gasteiger partial charge in [0.15, 0.2) is 0 Å². The number of benzene rings is 1. The fourth-order valence-electron chi connectivity index (χ4n) is 3.82. The van der Waals surface area contributed by atoms with Gasteiger partial charge in [0.1, 0.15) is 0 Å². The van der Waals surface area contributed by atoms with Crippen molar-refractivity contribution in [3.63, 3.8) is 0 Å². The van der Waals surface area contributed by atoms with E-state index in [1.807, 2.05) is 47.4 Å². The van der Waals surface area contributed by atoms with E-state index in [0.29, 0.717) is 0 Å². The molecule has 0 radical (unpaired) electrons. The van der Waals surface area contributed by atoms with Crippen molar-refractivity contribution in [3.05, 3.63) is 96.1 Å². The van der Waals surface area contributed by atoms with Crippen LogP contribution in [0.25, 0.3) is 5.69 Å². The van der Waals surface area contributed by atoms with Crippen LogP contribution >= 0.6 is 0 Å². The van der Waals surface area contributed by atoms with Gasteiger partial charge in [-0.25, -0.2) is 9.67 Å². The molecular weight excluding hydrogens is 336 g/mol. The fourth-order valence-corrected chi connectivity index (χ4v) is 3.82. The van der Waals surface area contributed by atoms with Crippen molar-refractivity contribution in [1.29, 1.82) is 0 Å². The number of rotatable bonds is 4. The van der Waals surface area contributed by atoms with E-state index in [2.05, 4.69) is 49.2 Å². The van der Waals surface area contributed by atoms with Gasteiger partial charge in [-0.15, -0.1) is 0 Å². The number of fused-ring (bicyclic) bond motifs is 1. The zero-order valence-electron chi connectivity index (χ0n) is 14.9. The Hall–Kier alpha value is -3.25. The van der Waals surface area contributed by atoms with Gasteiger partial charge in [0.2, 0.25) is 0 Å². The molecule has 1 aliphatic heterocycles. The van der Waals surface area contributed by atoms with Gasteiger partial charge in [0.25, 0.3) is 0 Å². The van der Waals surface area contributed by atoms with E-state index in [1.54, 1.807) is 6.33 Å². The Labute approximate surface area is 157 Å². The molecule has 6 heteroatoms. The second-order valence-electron chi connectivity index (χ2n) is 6.71. The van der Waals surface area contributed by atoms with Crippen molar-refractivity contribution in [2.24, 2.45) is 0 Å². The first-order valence-corrected chi connectivity index (χ1v) is 9.15. The summed E-state index contributed by atoms with van der Waals surface area (Å²) in [6, 6.07) is 18.4. The van der Waals surface area contributed by atoms with E-state index in [-0.39, 0.29) is 6.04 Å². The number of nitrogens with zero attached hydrogens (tertiary/aromatic N) is 5. The molecular formula is C21H20N6. The molecule has 4 aromatic rings. The van der Waals surface area contributed by atoms with E-state index in [9.17, 15) is 0 Å². The summed E-state index contributed by atoms with van der Waals surface area (Å²) in [4.78, 5) is 15.0. The van der Waals surface area contributed by atoms with Crippen LogP contribution in [0.1, 0.15) is 28.8 Å². The van der Waals surface area contributed by atoms with Gasteiger partial charge in [-0.1, -0.05) is 24.3 Å². The van der Waals surface area contributed by atoms with Crippen LogP contribution < -0.4 is 0 Å². The first-order valence-electron chi connectivity index (χ1n) is 9.15. The minimum atomic E-state index is 0.0420. The van der Waals surface area contributed by atoms with E-state index < -0.39 is 0 Å². The summed E-state index contributed by atoms with van der Waals surface area (Å²) < 4.78 is 2.01. The lowest BCUT2D eigenvalue weighted by Gasteiger charge is -2.34. The molecule has 5 rings (SSSR count). The fraction of sp³-hybridized carbons (Fsp3) is 0.190. The summed E-state index contributed by atoms with van der Waals surface area (Å²) in [6.07, 6.45) is 6.46. The molecule has 0 fully saturated rings. The SMILES string of the molecule is c1ccc(-n2nccc2CN2CCc3[nH]cnc3[C@@H]2c2ccccn2)cc1. The molecule has 0 amide bonds. The summed E-state index contributed by atoms with van der Waals surface area (Å²) in [7, 11) is 0. The van der Waals surface area contributed by atoms with Gasteiger partial charge in [-0.2, -0.15) is 5.10 Å². The third kappa shape index (κ3) is 2.94. The maximum atomic E-state index is 4.62. The third-order valence-corrected chi connectivity index (χ3v) is 5.08. The van der Waals surface area contributed by atoms with Gasteiger partial charge < -0.3 is 4.98 Å². The van der Waals surface area contributed by atoms with Crippen LogP contribution in [0.15, 0.2) is 73.3 Å². The highest BCUT2D eigenvalue weighted by atomic mass is 15.3. The van der Waals surface area contributed by atoms with Crippen LogP contribution in [0.4, 0.5) is 0 Å². The number of hydrogen-bond donors (Lipinski definition) is 1. The zero-order chi connectivity index (χ0) is 18.1. The molecule has 0 bridgehead atoms. The van der Waals surface area contributed by atoms with Crippen LogP contribution in [-0.4, -0.2) is 36.2 Å². The minimum absolute atomic E-state index is 0.0420. The number of para-hydroxylation sites is 1. The minimum Gasteiger partial charge on any atom is -0.348 e. The Balaban J connectivity index is 1.51. The first-order chi connectivity index (χ1) is 13.4. The number of pyridine rings is 1. The lowest BCUT2D eigenvalue weighted by Crippen LogP contribution is -2.36. The number of aromatic amines is 1. The lowest BCUT2D eigenvalue weighted by molar-refractivity contribution is 0.193. The summed E-state index contributed by atoms with van der Waals surface area (Å²) in [6.45, 7) is 1.72. The van der Waals surface area contributed by atoms with Gasteiger partial charge in [-0.3, -0.25) is 9.88 Å². The number of H-pyrrole nitrogens is 1. The smallest absolute Gasteiger partial charge is 0.0971 e. The molecule has 0 saturated carbocycles. The molecule has 6 nitrogen and oxygen atoms in total. The Bertz CT molecular complexity index is 1020. The molecule has 1 N–H and O–H groups in total. The Morgan fingerprint density at radius 1 is 0.963 bits per heavy atom. The van der Waals surface area contributed by atoms with Crippen molar-refractivity contribution in [3.8, 4) is 5.69 Å². The predicted molar refractivity (Wildman–Crippen MR) is 102 cm³/mol. The second-order valence-corrected chi connectivity index (χ2v) is 6.71. The van der Waals surface area contributed by atoms with Crippen molar-refractivity contribution < 1.29 is 0 Å². The van der Waals surface area contributed by atoms with Gasteiger partial charge in [-0.05, 0) is 30.3 Å². The number of nitrogens with one attached hydrogen (secondary N) is 1. The molecule has 4 heterocycles. The van der Waals surface area contributed by atoms with Crippen molar-refractivity contribution in [2.75, 3.05) is 6.54 Å². The summed E-state index contributed by atoms with van der Waals surface area (Å²) >= 11 is 0. The molecule has 0 unspecified atom stereocenters. The number of hydrogen-bond acceptors (Lipinski definition) is 4. The molecule has 1 aromatic carbocycles. The lowest BCUT2D eigenvalue weighted by atomic mass is 9.99. The maximum absolute atomic E-state index is 4.62. The van der Waals surface area contributed by atoms with Crippen LogP contribution in [0, 0.1) is 0 Å². The molecule has 0 aliphatic carbocycles. The first kappa shape index (κ1) is 16.0. The van der Waals surface area contributed by atoms with E-state index in [4.69, 9.17) is 0 Å². The van der Waals surface area contributed by atoms with E-state index >= 15 is 0 Å². The van der Waals surface area contributed by atoms with Crippen LogP contribution in [-0.2, 0) is 13.0 Å². The molecule has 0 spiro atoms. The van der Waals surface area contributed by atoms with Gasteiger partial charge in [0.05, 0.1) is 35.1 Å². The van der Waals surface area contributed by atoms with E-state index in [1.165, 1.54) is 5.69 Å². The van der Waals surface area contributed by atoms with Crippen molar-refractivity contribution in [2.45, 2.75) is 19.0 Å². The summed E-state index contributed by atoms with van der Waals surface area (Å²) in [5.74, 6) is 0. The second kappa shape index (κ2) is 6.81. The van der Waals surface area contributed by atoms with E-state index in [0.717, 1.165) is 42.3 Å². The molecule has 3 aromatic heterocycles. The standard InChI is InChI=1S/C21H20N6/c1-2-6-16(7-3-1)27-17(9-12-25-27)14-26-13-10-18-20(24-15-23-18)21(26)19-8-4-5-11-22-19/h1-9,11-12,15,21H,10,13-14H2,(H,23,24)/t21-/m0/s1. The normalized spacial score (nSPS) is 17.0. The summed E-state index contributed by atoms with van der Waals surface area (Å²) in [5.41, 5.74) is 5.53. The van der Waals surface area contributed by atoms with Crippen LogP contribution in [0.2, 0.25) is 0 Å². The summed E-state index contributed by atoms with van der Waals surface area (Å²) in [5, 5.41) is 4.54. The molecule has 134 valence electrons. The quantitative estimate of drug-likeness (QED) is 0.610. The third-order valence-electron chi connectivity index (χ3n) is 5.08. The average Bonchev–Trinajstić information content (AvgIpc) is 3.38. The molecule has 1 atom stereocenters. The highest BCUT2D eigenvalue weighted by molar-refractivity contribution is 5.33. The van der Waals surface area contributed by atoms with Crippen LogP contribution in [0.5, 0.6) is 0 Å². The topological polar surface area (TPSA) is 62.6 Å². The molecule has 27 heavy (non-hydrogen) atoms. The van der Waals surface area contributed by atoms with Crippen molar-refractivity contribution in [1.82, 2.24) is 29.6 Å². The number of aromatic nitrogens is 5. The highest BCUT2D eigenvalue weighted by Crippen LogP contribution is 2.33. The van der Waals surface area contributed by atoms with Crippen molar-refractivity contribution >= 4 is 0 Å². The van der Waals surface area contributed by atoms with Gasteiger partial charge in [0, 0.05) is 37.6 Å². The predicted octanol–water partition coefficient (Wildman–Crippen LogP) is 3.14. The Morgan fingerprint density at radius 2 is 1.85 bits per heavy atom. The molecule has 1 aliphatic rings. The van der Waals surface area contributed by atoms with Crippen LogP contribution in [0.3, 0.4) is 0 Å². The maximum Gasteiger partial charge on any atom is 0.0971 e. The number of imidazole rings is 1. The Kier molecular flexibility index (Phi) is 4.03. The highest BCUT2D eigenvalue weighted by Gasteiger charge is 2.32. The van der Waals surface area contributed by atoms with Gasteiger partial charge >= 0.3 is 0 Å². The Morgan fingerprint density at radius 3 is 2.70 bits per heavy atom. The monoisotopic (exact) mass is 356 g/mol.